The van der Waals surface area contributed by atoms with Crippen molar-refractivity contribution in [2.24, 2.45) is 0 Å². The Hall–Kier alpha value is -3.40. The molecule has 2 amide bonds. The Kier molecular flexibility index (Phi) is 10.0. The minimum absolute atomic E-state index is 0. The molecule has 0 heterocycles. The minimum Gasteiger partial charge on any atom is -0.350 e. The summed E-state index contributed by atoms with van der Waals surface area (Å²) in [4.78, 5) is 23.1. The number of hydrogen-bond donors (Lipinski definition) is 2. The van der Waals surface area contributed by atoms with Gasteiger partial charge in [-0.05, 0) is 11.1 Å². The van der Waals surface area contributed by atoms with E-state index in [2.05, 4.69) is 10.6 Å². The number of hydrogen-bond acceptors (Lipinski definition) is 2. The maximum atomic E-state index is 11.6. The van der Waals surface area contributed by atoms with Gasteiger partial charge in [-0.15, -0.1) is 12.1 Å². The SMILES string of the molecule is O=C(Cc1ccccc1)Nc1ccc[cH-]1.O=C(Cc1ccccc1)Nc1ccc[cH-]1.[Fe+2]. The number of anilines is 2. The smallest absolute Gasteiger partial charge is 0.350 e. The van der Waals surface area contributed by atoms with Crippen molar-refractivity contribution in [3.05, 3.63) is 120 Å². The van der Waals surface area contributed by atoms with E-state index in [1.807, 2.05) is 109 Å². The van der Waals surface area contributed by atoms with E-state index in [0.717, 1.165) is 22.5 Å². The van der Waals surface area contributed by atoms with Crippen molar-refractivity contribution < 1.29 is 26.7 Å². The largest absolute Gasteiger partial charge is 2.00 e. The molecule has 158 valence electrons. The van der Waals surface area contributed by atoms with Crippen LogP contribution in [0, 0.1) is 0 Å². The van der Waals surface area contributed by atoms with Gasteiger partial charge in [0.2, 0.25) is 11.8 Å². The minimum atomic E-state index is 0. The second-order valence-electron chi connectivity index (χ2n) is 6.77. The summed E-state index contributed by atoms with van der Waals surface area (Å²) in [6.07, 6.45) is 0.845. The van der Waals surface area contributed by atoms with Gasteiger partial charge in [0.1, 0.15) is 0 Å². The molecule has 0 spiro atoms. The van der Waals surface area contributed by atoms with E-state index >= 15 is 0 Å². The van der Waals surface area contributed by atoms with Gasteiger partial charge in [0, 0.05) is 0 Å². The third kappa shape index (κ3) is 8.87. The van der Waals surface area contributed by atoms with Gasteiger partial charge in [-0.3, -0.25) is 9.59 Å². The normalized spacial score (nSPS) is 9.55. The molecule has 4 aromatic carbocycles. The van der Waals surface area contributed by atoms with E-state index in [9.17, 15) is 9.59 Å². The van der Waals surface area contributed by atoms with Crippen LogP contribution in [-0.2, 0) is 39.5 Å². The fourth-order valence-corrected chi connectivity index (χ4v) is 2.89. The molecule has 0 aliphatic carbocycles. The molecule has 0 saturated heterocycles. The zero-order valence-corrected chi connectivity index (χ0v) is 18.1. The molecular weight excluding hydrogens is 428 g/mol. The fourth-order valence-electron chi connectivity index (χ4n) is 2.89. The van der Waals surface area contributed by atoms with Crippen LogP contribution in [0.15, 0.2) is 109 Å². The molecule has 4 nitrogen and oxygen atoms in total. The van der Waals surface area contributed by atoms with Gasteiger partial charge in [0.25, 0.3) is 0 Å². The maximum absolute atomic E-state index is 11.6. The van der Waals surface area contributed by atoms with E-state index < -0.39 is 0 Å². The number of carbonyl (C=O) groups is 2. The van der Waals surface area contributed by atoms with Crippen molar-refractivity contribution in [2.75, 3.05) is 10.6 Å². The van der Waals surface area contributed by atoms with E-state index in [1.54, 1.807) is 0 Å². The second-order valence-corrected chi connectivity index (χ2v) is 6.77. The van der Waals surface area contributed by atoms with Crippen molar-refractivity contribution in [2.45, 2.75) is 12.8 Å². The molecule has 0 aliphatic rings. The summed E-state index contributed by atoms with van der Waals surface area (Å²) in [5, 5.41) is 5.66. The third-order valence-corrected chi connectivity index (χ3v) is 4.31. The molecule has 4 aromatic rings. The van der Waals surface area contributed by atoms with Crippen molar-refractivity contribution in [3.63, 3.8) is 0 Å². The summed E-state index contributed by atoms with van der Waals surface area (Å²) in [5.41, 5.74) is 3.77. The molecule has 0 fully saturated rings. The average Bonchev–Trinajstić information content (AvgIpc) is 3.44. The fraction of sp³-hybridized carbons (Fsp3) is 0.0769. The van der Waals surface area contributed by atoms with Crippen LogP contribution in [0.4, 0.5) is 11.4 Å². The molecule has 4 rings (SSSR count). The van der Waals surface area contributed by atoms with E-state index in [1.165, 1.54) is 0 Å². The number of nitrogens with one attached hydrogen (secondary N) is 2. The summed E-state index contributed by atoms with van der Waals surface area (Å²) in [6.45, 7) is 0. The Morgan fingerprint density at radius 2 is 0.968 bits per heavy atom. The van der Waals surface area contributed by atoms with Crippen LogP contribution >= 0.6 is 0 Å². The Bertz CT molecular complexity index is 926. The molecule has 31 heavy (non-hydrogen) atoms. The third-order valence-electron chi connectivity index (χ3n) is 4.31. The van der Waals surface area contributed by atoms with E-state index in [0.29, 0.717) is 12.8 Å². The molecule has 0 unspecified atom stereocenters. The van der Waals surface area contributed by atoms with E-state index in [-0.39, 0.29) is 28.9 Å². The first-order valence-corrected chi connectivity index (χ1v) is 9.80. The summed E-state index contributed by atoms with van der Waals surface area (Å²) in [6, 6.07) is 34.5. The van der Waals surface area contributed by atoms with Crippen LogP contribution in [0.25, 0.3) is 0 Å². The van der Waals surface area contributed by atoms with Gasteiger partial charge in [-0.2, -0.15) is 24.3 Å². The second kappa shape index (κ2) is 13.0. The Labute approximate surface area is 193 Å². The number of rotatable bonds is 6. The van der Waals surface area contributed by atoms with Crippen LogP contribution in [0.2, 0.25) is 0 Å². The predicted octanol–water partition coefficient (Wildman–Crippen LogP) is 5.17. The summed E-state index contributed by atoms with van der Waals surface area (Å²) in [7, 11) is 0. The van der Waals surface area contributed by atoms with Crippen molar-refractivity contribution >= 4 is 23.2 Å². The summed E-state index contributed by atoms with van der Waals surface area (Å²) in [5.74, 6) is 0.0415. The van der Waals surface area contributed by atoms with Crippen LogP contribution < -0.4 is 10.6 Å². The maximum Gasteiger partial charge on any atom is 2.00 e. The zero-order chi connectivity index (χ0) is 21.0. The molecule has 0 saturated carbocycles. The van der Waals surface area contributed by atoms with Crippen molar-refractivity contribution in [1.82, 2.24) is 0 Å². The first-order chi connectivity index (χ1) is 14.7. The average molecular weight is 452 g/mol. The first-order valence-electron chi connectivity index (χ1n) is 9.80. The topological polar surface area (TPSA) is 58.2 Å². The number of carbonyl (C=O) groups excluding carboxylic acids is 2. The van der Waals surface area contributed by atoms with Gasteiger partial charge >= 0.3 is 17.1 Å². The molecule has 0 atom stereocenters. The molecule has 2 N–H and O–H groups in total. The van der Waals surface area contributed by atoms with Gasteiger partial charge in [0.05, 0.1) is 12.8 Å². The predicted molar refractivity (Wildman–Crippen MR) is 122 cm³/mol. The zero-order valence-electron chi connectivity index (χ0n) is 17.0. The van der Waals surface area contributed by atoms with Crippen LogP contribution in [0.1, 0.15) is 11.1 Å². The molecule has 0 aromatic heterocycles. The van der Waals surface area contributed by atoms with Crippen LogP contribution in [-0.4, -0.2) is 11.8 Å². The Balaban J connectivity index is 0.000000213. The van der Waals surface area contributed by atoms with Gasteiger partial charge in [0.15, 0.2) is 0 Å². The molecular formula is C26H24FeN2O2. The van der Waals surface area contributed by atoms with Gasteiger partial charge in [-0.1, -0.05) is 72.0 Å². The molecule has 0 bridgehead atoms. The Morgan fingerprint density at radius 1 is 0.581 bits per heavy atom. The molecule has 5 heteroatoms. The standard InChI is InChI=1S/2C13H12NO.Fe/c2*15-13(14-12-8-4-5-9-12)10-11-6-2-1-3-7-11;/h2*1-9H,10H2,(H,14,15);/q2*-1;+2. The van der Waals surface area contributed by atoms with Gasteiger partial charge in [-0.25, -0.2) is 12.1 Å². The molecule has 0 radical (unpaired) electrons. The van der Waals surface area contributed by atoms with E-state index in [4.69, 9.17) is 0 Å². The Morgan fingerprint density at radius 3 is 1.29 bits per heavy atom. The summed E-state index contributed by atoms with van der Waals surface area (Å²) < 4.78 is 0. The molecule has 0 aliphatic heterocycles. The monoisotopic (exact) mass is 452 g/mol. The number of benzene rings is 2. The number of amides is 2. The van der Waals surface area contributed by atoms with Crippen molar-refractivity contribution in [1.29, 1.82) is 0 Å². The van der Waals surface area contributed by atoms with Crippen LogP contribution in [0.3, 0.4) is 0 Å². The van der Waals surface area contributed by atoms with Gasteiger partial charge < -0.3 is 10.6 Å². The van der Waals surface area contributed by atoms with Crippen LogP contribution in [0.5, 0.6) is 0 Å². The quantitative estimate of drug-likeness (QED) is 0.313. The first kappa shape index (κ1) is 23.9. The summed E-state index contributed by atoms with van der Waals surface area (Å²) >= 11 is 0. The van der Waals surface area contributed by atoms with Crippen molar-refractivity contribution in [3.8, 4) is 0 Å².